The summed E-state index contributed by atoms with van der Waals surface area (Å²) in [6.45, 7) is 4.80. The zero-order chi connectivity index (χ0) is 18.0. The van der Waals surface area contributed by atoms with E-state index in [0.29, 0.717) is 23.9 Å². The van der Waals surface area contributed by atoms with Crippen molar-refractivity contribution in [1.29, 1.82) is 0 Å². The molecule has 7 heteroatoms. The minimum atomic E-state index is -0.239. The number of carbonyl (C=O) groups is 1. The van der Waals surface area contributed by atoms with Gasteiger partial charge in [-0.15, -0.1) is 0 Å². The van der Waals surface area contributed by atoms with Crippen LogP contribution in [0, 0.1) is 0 Å². The second-order valence-corrected chi connectivity index (χ2v) is 5.84. The minimum absolute atomic E-state index is 0.0538. The maximum absolute atomic E-state index is 11.9. The van der Waals surface area contributed by atoms with Gasteiger partial charge in [0, 0.05) is 25.7 Å². The lowest BCUT2D eigenvalue weighted by molar-refractivity contribution is -0.118. The highest BCUT2D eigenvalue weighted by Gasteiger charge is 2.10. The average molecular weight is 357 g/mol. The summed E-state index contributed by atoms with van der Waals surface area (Å²) < 4.78 is 16.4. The van der Waals surface area contributed by atoms with Gasteiger partial charge in [-0.25, -0.2) is 4.98 Å². The van der Waals surface area contributed by atoms with Crippen molar-refractivity contribution >= 4 is 11.6 Å². The summed E-state index contributed by atoms with van der Waals surface area (Å²) in [5.74, 6) is 0.957. The molecule has 0 bridgehead atoms. The molecule has 3 rings (SSSR count). The fraction of sp³-hybridized carbons (Fsp3) is 0.368. The van der Waals surface area contributed by atoms with Gasteiger partial charge >= 0.3 is 0 Å². The lowest BCUT2D eigenvalue weighted by atomic mass is 10.3. The number of aromatic nitrogens is 1. The van der Waals surface area contributed by atoms with Crippen LogP contribution in [0.2, 0.25) is 0 Å². The Bertz CT molecular complexity index is 673. The maximum atomic E-state index is 11.9. The molecule has 7 nitrogen and oxygen atoms in total. The van der Waals surface area contributed by atoms with Crippen molar-refractivity contribution in [3.63, 3.8) is 0 Å². The van der Waals surface area contributed by atoms with Gasteiger partial charge in [-0.1, -0.05) is 18.2 Å². The van der Waals surface area contributed by atoms with E-state index in [-0.39, 0.29) is 12.5 Å². The number of hydrogen-bond acceptors (Lipinski definition) is 6. The molecule has 0 aliphatic carbocycles. The largest absolute Gasteiger partial charge is 0.484 e. The summed E-state index contributed by atoms with van der Waals surface area (Å²) in [5.41, 5.74) is 0.604. The van der Waals surface area contributed by atoms with Crippen LogP contribution in [0.15, 0.2) is 48.7 Å². The van der Waals surface area contributed by atoms with Gasteiger partial charge in [0.1, 0.15) is 12.4 Å². The molecule has 0 radical (unpaired) electrons. The van der Waals surface area contributed by atoms with Gasteiger partial charge in [0.25, 0.3) is 5.91 Å². The number of nitrogens with one attached hydrogen (secondary N) is 1. The van der Waals surface area contributed by atoms with E-state index in [0.717, 1.165) is 32.8 Å². The SMILES string of the molecule is O=C(COc1ccccc1)Nc1ccc(OCCN2CCOCC2)nc1. The third kappa shape index (κ3) is 6.02. The van der Waals surface area contributed by atoms with Gasteiger partial charge in [0.15, 0.2) is 6.61 Å². The van der Waals surface area contributed by atoms with Crippen molar-refractivity contribution in [3.8, 4) is 11.6 Å². The highest BCUT2D eigenvalue weighted by molar-refractivity contribution is 5.91. The van der Waals surface area contributed by atoms with Crippen molar-refractivity contribution in [1.82, 2.24) is 9.88 Å². The molecular formula is C19H23N3O4. The van der Waals surface area contributed by atoms with Crippen LogP contribution < -0.4 is 14.8 Å². The standard InChI is InChI=1S/C19H23N3O4/c23-18(15-26-17-4-2-1-3-5-17)21-16-6-7-19(20-14-16)25-13-10-22-8-11-24-12-9-22/h1-7,14H,8-13,15H2,(H,21,23). The Morgan fingerprint density at radius 3 is 2.65 bits per heavy atom. The van der Waals surface area contributed by atoms with E-state index in [1.165, 1.54) is 0 Å². The van der Waals surface area contributed by atoms with E-state index >= 15 is 0 Å². The summed E-state index contributed by atoms with van der Waals surface area (Å²) >= 11 is 0. The molecule has 0 spiro atoms. The topological polar surface area (TPSA) is 72.9 Å². The molecule has 0 unspecified atom stereocenters. The lowest BCUT2D eigenvalue weighted by Crippen LogP contribution is -2.38. The van der Waals surface area contributed by atoms with E-state index < -0.39 is 0 Å². The number of nitrogens with zero attached hydrogens (tertiary/aromatic N) is 2. The molecule has 1 amide bonds. The lowest BCUT2D eigenvalue weighted by Gasteiger charge is -2.26. The zero-order valence-electron chi connectivity index (χ0n) is 14.6. The van der Waals surface area contributed by atoms with Crippen LogP contribution in [0.5, 0.6) is 11.6 Å². The molecule has 0 saturated carbocycles. The first-order valence-electron chi connectivity index (χ1n) is 8.66. The molecule has 2 heterocycles. The van der Waals surface area contributed by atoms with Crippen LogP contribution in [-0.4, -0.2) is 61.9 Å². The van der Waals surface area contributed by atoms with Crippen molar-refractivity contribution in [2.24, 2.45) is 0 Å². The number of carbonyl (C=O) groups excluding carboxylic acids is 1. The van der Waals surface area contributed by atoms with Crippen LogP contribution in [0.1, 0.15) is 0 Å². The third-order valence-corrected chi connectivity index (χ3v) is 3.89. The van der Waals surface area contributed by atoms with Gasteiger partial charge in [0.05, 0.1) is 25.1 Å². The summed E-state index contributed by atoms with van der Waals surface area (Å²) in [6.07, 6.45) is 1.57. The number of para-hydroxylation sites is 1. The number of morpholine rings is 1. The fourth-order valence-corrected chi connectivity index (χ4v) is 2.51. The van der Waals surface area contributed by atoms with E-state index in [1.54, 1.807) is 30.5 Å². The summed E-state index contributed by atoms with van der Waals surface area (Å²) in [6, 6.07) is 12.7. The highest BCUT2D eigenvalue weighted by Crippen LogP contribution is 2.12. The predicted molar refractivity (Wildman–Crippen MR) is 97.6 cm³/mol. The van der Waals surface area contributed by atoms with Crippen LogP contribution in [-0.2, 0) is 9.53 Å². The first-order valence-corrected chi connectivity index (χ1v) is 8.66. The Kier molecular flexibility index (Phi) is 6.80. The molecule has 0 atom stereocenters. The van der Waals surface area contributed by atoms with Crippen LogP contribution in [0.3, 0.4) is 0 Å². The van der Waals surface area contributed by atoms with E-state index in [1.807, 2.05) is 18.2 Å². The molecular weight excluding hydrogens is 334 g/mol. The fourth-order valence-electron chi connectivity index (χ4n) is 2.51. The van der Waals surface area contributed by atoms with E-state index in [4.69, 9.17) is 14.2 Å². The first-order chi connectivity index (χ1) is 12.8. The molecule has 1 aromatic carbocycles. The molecule has 1 N–H and O–H groups in total. The minimum Gasteiger partial charge on any atom is -0.484 e. The predicted octanol–water partition coefficient (Wildman–Crippen LogP) is 1.81. The van der Waals surface area contributed by atoms with Gasteiger partial charge in [-0.3, -0.25) is 9.69 Å². The molecule has 2 aromatic rings. The van der Waals surface area contributed by atoms with Crippen molar-refractivity contribution < 1.29 is 19.0 Å². The first kappa shape index (κ1) is 18.2. The quantitative estimate of drug-likeness (QED) is 0.777. The summed E-state index contributed by atoms with van der Waals surface area (Å²) in [7, 11) is 0. The third-order valence-electron chi connectivity index (χ3n) is 3.89. The molecule has 26 heavy (non-hydrogen) atoms. The normalized spacial score (nSPS) is 14.6. The Morgan fingerprint density at radius 2 is 1.92 bits per heavy atom. The van der Waals surface area contributed by atoms with Crippen LogP contribution >= 0.6 is 0 Å². The van der Waals surface area contributed by atoms with Crippen molar-refractivity contribution in [2.75, 3.05) is 51.4 Å². The molecule has 1 aliphatic rings. The number of anilines is 1. The number of hydrogen-bond donors (Lipinski definition) is 1. The highest BCUT2D eigenvalue weighted by atomic mass is 16.5. The van der Waals surface area contributed by atoms with Gasteiger partial charge in [-0.2, -0.15) is 0 Å². The van der Waals surface area contributed by atoms with Gasteiger partial charge < -0.3 is 19.5 Å². The van der Waals surface area contributed by atoms with Crippen molar-refractivity contribution in [3.05, 3.63) is 48.7 Å². The molecule has 138 valence electrons. The average Bonchev–Trinajstić information content (AvgIpc) is 2.69. The van der Waals surface area contributed by atoms with E-state index in [2.05, 4.69) is 15.2 Å². The van der Waals surface area contributed by atoms with Crippen LogP contribution in [0.25, 0.3) is 0 Å². The Labute approximate surface area is 152 Å². The number of pyridine rings is 1. The second kappa shape index (κ2) is 9.74. The zero-order valence-corrected chi connectivity index (χ0v) is 14.6. The number of ether oxygens (including phenoxy) is 3. The summed E-state index contributed by atoms with van der Waals surface area (Å²) in [4.78, 5) is 18.4. The molecule has 1 fully saturated rings. The number of benzene rings is 1. The Hall–Kier alpha value is -2.64. The van der Waals surface area contributed by atoms with Crippen molar-refractivity contribution in [2.45, 2.75) is 0 Å². The molecule has 1 aromatic heterocycles. The maximum Gasteiger partial charge on any atom is 0.262 e. The van der Waals surface area contributed by atoms with E-state index in [9.17, 15) is 4.79 Å². The Balaban J connectivity index is 1.37. The molecule has 1 saturated heterocycles. The smallest absolute Gasteiger partial charge is 0.262 e. The number of amides is 1. The molecule has 1 aliphatic heterocycles. The number of rotatable bonds is 8. The van der Waals surface area contributed by atoms with Gasteiger partial charge in [0.2, 0.25) is 5.88 Å². The monoisotopic (exact) mass is 357 g/mol. The summed E-state index contributed by atoms with van der Waals surface area (Å²) in [5, 5.41) is 2.74. The van der Waals surface area contributed by atoms with Gasteiger partial charge in [-0.05, 0) is 18.2 Å². The van der Waals surface area contributed by atoms with Crippen LogP contribution in [0.4, 0.5) is 5.69 Å². The Morgan fingerprint density at radius 1 is 1.12 bits per heavy atom. The second-order valence-electron chi connectivity index (χ2n) is 5.84.